The second kappa shape index (κ2) is 10.5. The largest absolute Gasteiger partial charge is 0.388 e. The second-order valence-corrected chi connectivity index (χ2v) is 14.1. The van der Waals surface area contributed by atoms with Gasteiger partial charge >= 0.3 is 0 Å². The average molecular weight is 636 g/mol. The van der Waals surface area contributed by atoms with Gasteiger partial charge in [-0.25, -0.2) is 0 Å². The van der Waals surface area contributed by atoms with E-state index in [1.165, 1.54) is 86.6 Å². The smallest absolute Gasteiger partial charge is 0.0558 e. The number of allylic oxidation sites excluding steroid dienone is 1. The zero-order valence-corrected chi connectivity index (χ0v) is 27.7. The number of aromatic nitrogens is 2. The van der Waals surface area contributed by atoms with Crippen molar-refractivity contribution in [3.8, 4) is 22.5 Å². The van der Waals surface area contributed by atoms with Gasteiger partial charge in [-0.2, -0.15) is 0 Å². The Morgan fingerprint density at radius 3 is 2.33 bits per heavy atom. The summed E-state index contributed by atoms with van der Waals surface area (Å²) >= 11 is 1.90. The first-order valence-electron chi connectivity index (χ1n) is 16.8. The van der Waals surface area contributed by atoms with E-state index in [0.29, 0.717) is 5.92 Å². The molecule has 230 valence electrons. The van der Waals surface area contributed by atoms with Crippen LogP contribution < -0.4 is 5.32 Å². The molecule has 3 nitrogen and oxygen atoms in total. The number of anilines is 1. The number of hydrogen-bond donors (Lipinski definition) is 1. The maximum atomic E-state index is 3.56. The highest BCUT2D eigenvalue weighted by Crippen LogP contribution is 2.46. The molecule has 3 aromatic heterocycles. The first kappa shape index (κ1) is 27.5. The van der Waals surface area contributed by atoms with E-state index in [2.05, 4.69) is 161 Å². The van der Waals surface area contributed by atoms with E-state index >= 15 is 0 Å². The lowest BCUT2D eigenvalue weighted by atomic mass is 9.94. The van der Waals surface area contributed by atoms with Gasteiger partial charge in [0.1, 0.15) is 0 Å². The first-order chi connectivity index (χ1) is 23.7. The highest BCUT2D eigenvalue weighted by molar-refractivity contribution is 7.26. The number of hydrogen-bond acceptors (Lipinski definition) is 2. The number of thiophene rings is 1. The van der Waals surface area contributed by atoms with Crippen molar-refractivity contribution >= 4 is 76.0 Å². The van der Waals surface area contributed by atoms with Gasteiger partial charge in [0.15, 0.2) is 0 Å². The summed E-state index contributed by atoms with van der Waals surface area (Å²) in [6.45, 7) is 2.32. The standard InChI is InChI=1S/C44H33N3S/c1-27-19-21-31-30-13-6-8-16-36(30)47(39(31)25-27)37-17-10-15-35(45-2)42(37)28-20-22-34-40(26-28)46(29-11-4-3-5-12-29)38-24-23-33-32-14-7-9-18-41(32)48-44(33)43(34)38/h3-24,26-27,45H,25H2,1-2H3. The van der Waals surface area contributed by atoms with Crippen LogP contribution in [0.2, 0.25) is 0 Å². The molecule has 6 aromatic carbocycles. The molecule has 1 aliphatic rings. The van der Waals surface area contributed by atoms with Gasteiger partial charge in [-0.1, -0.05) is 97.9 Å². The number of benzene rings is 6. The predicted octanol–water partition coefficient (Wildman–Crippen LogP) is 12.0. The average Bonchev–Trinajstić information content (AvgIpc) is 3.78. The Hall–Kier alpha value is -5.58. The van der Waals surface area contributed by atoms with Crippen molar-refractivity contribution in [1.29, 1.82) is 0 Å². The molecule has 1 atom stereocenters. The van der Waals surface area contributed by atoms with Crippen LogP contribution in [0.1, 0.15) is 18.2 Å². The van der Waals surface area contributed by atoms with Gasteiger partial charge in [-0.3, -0.25) is 0 Å². The SMILES string of the molecule is CNc1cccc(-n2c3c(c4ccccc42)C=CC(C)C3)c1-c1ccc2c3c4sc5ccccc5c4ccc3n(-c3ccccc3)c2c1. The lowest BCUT2D eigenvalue weighted by molar-refractivity contribution is 0.691. The number of nitrogens with zero attached hydrogens (tertiary/aromatic N) is 2. The van der Waals surface area contributed by atoms with Gasteiger partial charge in [0, 0.05) is 71.6 Å². The van der Waals surface area contributed by atoms with Gasteiger partial charge in [0.05, 0.1) is 22.2 Å². The van der Waals surface area contributed by atoms with Crippen LogP contribution in [0.3, 0.4) is 0 Å². The zero-order chi connectivity index (χ0) is 31.9. The summed E-state index contributed by atoms with van der Waals surface area (Å²) in [5, 5.41) is 10.1. The van der Waals surface area contributed by atoms with E-state index in [4.69, 9.17) is 0 Å². The van der Waals surface area contributed by atoms with Gasteiger partial charge < -0.3 is 14.5 Å². The van der Waals surface area contributed by atoms with Gasteiger partial charge in [-0.15, -0.1) is 11.3 Å². The Kier molecular flexibility index (Phi) is 6.00. The number of nitrogens with one attached hydrogen (secondary N) is 1. The van der Waals surface area contributed by atoms with E-state index < -0.39 is 0 Å². The predicted molar refractivity (Wildman–Crippen MR) is 207 cm³/mol. The maximum Gasteiger partial charge on any atom is 0.0558 e. The summed E-state index contributed by atoms with van der Waals surface area (Å²) in [5.41, 5.74) is 12.3. The molecule has 4 heteroatoms. The van der Waals surface area contributed by atoms with E-state index in [1.54, 1.807) is 0 Å². The maximum absolute atomic E-state index is 3.56. The van der Waals surface area contributed by atoms with Crippen LogP contribution in [0.4, 0.5) is 5.69 Å². The van der Waals surface area contributed by atoms with Crippen LogP contribution in [0, 0.1) is 5.92 Å². The minimum atomic E-state index is 0.486. The molecular formula is C44H33N3S. The van der Waals surface area contributed by atoms with Gasteiger partial charge in [0.25, 0.3) is 0 Å². The monoisotopic (exact) mass is 635 g/mol. The molecule has 1 aliphatic carbocycles. The number of para-hydroxylation sites is 2. The lowest BCUT2D eigenvalue weighted by Crippen LogP contribution is -2.10. The van der Waals surface area contributed by atoms with Crippen molar-refractivity contribution in [2.75, 3.05) is 12.4 Å². The summed E-state index contributed by atoms with van der Waals surface area (Å²) < 4.78 is 7.67. The molecule has 3 heterocycles. The summed E-state index contributed by atoms with van der Waals surface area (Å²) in [6, 6.07) is 46.9. The lowest BCUT2D eigenvalue weighted by Gasteiger charge is -2.21. The van der Waals surface area contributed by atoms with Crippen molar-refractivity contribution in [1.82, 2.24) is 9.13 Å². The summed E-state index contributed by atoms with van der Waals surface area (Å²) in [7, 11) is 2.04. The molecule has 0 aliphatic heterocycles. The third-order valence-electron chi connectivity index (χ3n) is 10.3. The van der Waals surface area contributed by atoms with Crippen LogP contribution in [0.15, 0.2) is 133 Å². The Bertz CT molecular complexity index is 2760. The number of rotatable bonds is 4. The first-order valence-corrected chi connectivity index (χ1v) is 17.6. The van der Waals surface area contributed by atoms with Crippen molar-refractivity contribution in [3.05, 3.63) is 145 Å². The van der Waals surface area contributed by atoms with E-state index in [-0.39, 0.29) is 0 Å². The van der Waals surface area contributed by atoms with Gasteiger partial charge in [0.2, 0.25) is 0 Å². The third kappa shape index (κ3) is 3.87. The molecule has 10 rings (SSSR count). The number of fused-ring (bicyclic) bond motifs is 10. The van der Waals surface area contributed by atoms with Crippen LogP contribution >= 0.6 is 11.3 Å². The van der Waals surface area contributed by atoms with Crippen LogP contribution in [-0.2, 0) is 6.42 Å². The molecular weight excluding hydrogens is 603 g/mol. The highest BCUT2D eigenvalue weighted by Gasteiger charge is 2.24. The van der Waals surface area contributed by atoms with Crippen molar-refractivity contribution < 1.29 is 0 Å². The molecule has 0 bridgehead atoms. The third-order valence-corrected chi connectivity index (χ3v) is 11.5. The van der Waals surface area contributed by atoms with E-state index in [1.807, 2.05) is 18.4 Å². The summed E-state index contributed by atoms with van der Waals surface area (Å²) in [4.78, 5) is 0. The normalized spacial score (nSPS) is 14.5. The molecule has 9 aromatic rings. The Balaban J connectivity index is 1.30. The van der Waals surface area contributed by atoms with Crippen molar-refractivity contribution in [2.45, 2.75) is 13.3 Å². The van der Waals surface area contributed by atoms with Crippen molar-refractivity contribution in [3.63, 3.8) is 0 Å². The molecule has 0 fully saturated rings. The molecule has 0 saturated carbocycles. The molecule has 0 radical (unpaired) electrons. The van der Waals surface area contributed by atoms with E-state index in [9.17, 15) is 0 Å². The van der Waals surface area contributed by atoms with E-state index in [0.717, 1.165) is 12.1 Å². The Labute approximate surface area is 283 Å². The minimum Gasteiger partial charge on any atom is -0.388 e. The summed E-state index contributed by atoms with van der Waals surface area (Å²) in [5.74, 6) is 0.486. The Morgan fingerprint density at radius 1 is 0.667 bits per heavy atom. The van der Waals surface area contributed by atoms with Crippen LogP contribution in [0.5, 0.6) is 0 Å². The van der Waals surface area contributed by atoms with Gasteiger partial charge in [-0.05, 0) is 66.4 Å². The molecule has 48 heavy (non-hydrogen) atoms. The highest BCUT2D eigenvalue weighted by atomic mass is 32.1. The van der Waals surface area contributed by atoms with Crippen LogP contribution in [-0.4, -0.2) is 16.2 Å². The molecule has 1 unspecified atom stereocenters. The summed E-state index contributed by atoms with van der Waals surface area (Å²) in [6.07, 6.45) is 5.70. The molecule has 0 saturated heterocycles. The van der Waals surface area contributed by atoms with Crippen molar-refractivity contribution in [2.24, 2.45) is 5.92 Å². The van der Waals surface area contributed by atoms with Crippen LogP contribution in [0.25, 0.3) is 81.5 Å². The quantitative estimate of drug-likeness (QED) is 0.204. The topological polar surface area (TPSA) is 21.9 Å². The fraction of sp³-hybridized carbons (Fsp3) is 0.0909. The molecule has 1 N–H and O–H groups in total. The molecule has 0 amide bonds. The minimum absolute atomic E-state index is 0.486. The Morgan fingerprint density at radius 2 is 1.46 bits per heavy atom. The fourth-order valence-electron chi connectivity index (χ4n) is 8.15. The zero-order valence-electron chi connectivity index (χ0n) is 26.9. The fourth-order valence-corrected chi connectivity index (χ4v) is 9.40. The molecule has 0 spiro atoms. The second-order valence-electron chi connectivity index (χ2n) is 13.0.